The van der Waals surface area contributed by atoms with Crippen LogP contribution in [0.25, 0.3) is 0 Å². The monoisotopic (exact) mass is 456 g/mol. The maximum absolute atomic E-state index is 13.4. The molecule has 1 aromatic rings. The standard InChI is InChI=1S/C25H36N4O4/c1-2-33-19-14-12-18(13-15-19)26-23(30)16-22-24(31)28-20-10-6-7-11-21(20)29(22)25(32)27-17-8-4-3-5-9-17/h12-15,17,20-22H,2-11,16H2,1H3,(H,26,30)(H,27,32)(H,28,31)/t20-,21-,22-/m1/s1. The first-order valence-corrected chi connectivity index (χ1v) is 12.5. The average molecular weight is 457 g/mol. The van der Waals surface area contributed by atoms with Gasteiger partial charge in [-0.05, 0) is 56.9 Å². The summed E-state index contributed by atoms with van der Waals surface area (Å²) in [6, 6.07) is 6.17. The zero-order valence-corrected chi connectivity index (χ0v) is 19.5. The quantitative estimate of drug-likeness (QED) is 0.609. The van der Waals surface area contributed by atoms with E-state index in [0.29, 0.717) is 12.3 Å². The van der Waals surface area contributed by atoms with Crippen LogP contribution in [0.1, 0.15) is 71.1 Å². The van der Waals surface area contributed by atoms with E-state index in [0.717, 1.165) is 57.1 Å². The van der Waals surface area contributed by atoms with Crippen molar-refractivity contribution in [2.45, 2.75) is 95.3 Å². The van der Waals surface area contributed by atoms with Crippen molar-refractivity contribution < 1.29 is 19.1 Å². The Morgan fingerprint density at radius 3 is 2.45 bits per heavy atom. The van der Waals surface area contributed by atoms with Gasteiger partial charge in [0, 0.05) is 17.8 Å². The molecule has 0 bridgehead atoms. The average Bonchev–Trinajstić information content (AvgIpc) is 2.81. The molecule has 3 aliphatic rings. The van der Waals surface area contributed by atoms with E-state index < -0.39 is 6.04 Å². The first kappa shape index (κ1) is 23.4. The molecule has 2 saturated carbocycles. The molecule has 1 aromatic carbocycles. The summed E-state index contributed by atoms with van der Waals surface area (Å²) in [5.41, 5.74) is 0.633. The second-order valence-corrected chi connectivity index (χ2v) is 9.38. The molecule has 1 saturated heterocycles. The number of carbonyl (C=O) groups excluding carboxylic acids is 3. The Hall–Kier alpha value is -2.77. The van der Waals surface area contributed by atoms with Crippen molar-refractivity contribution in [3.63, 3.8) is 0 Å². The van der Waals surface area contributed by atoms with E-state index >= 15 is 0 Å². The highest BCUT2D eigenvalue weighted by Crippen LogP contribution is 2.30. The second-order valence-electron chi connectivity index (χ2n) is 9.38. The lowest BCUT2D eigenvalue weighted by atomic mass is 9.85. The molecule has 4 amide bonds. The lowest BCUT2D eigenvalue weighted by Crippen LogP contribution is -2.69. The van der Waals surface area contributed by atoms with Crippen molar-refractivity contribution in [3.05, 3.63) is 24.3 Å². The summed E-state index contributed by atoms with van der Waals surface area (Å²) < 4.78 is 5.44. The number of rotatable bonds is 6. The van der Waals surface area contributed by atoms with Crippen LogP contribution in [0.15, 0.2) is 24.3 Å². The molecule has 0 radical (unpaired) electrons. The summed E-state index contributed by atoms with van der Waals surface area (Å²) in [4.78, 5) is 41.0. The Balaban J connectivity index is 1.46. The van der Waals surface area contributed by atoms with E-state index in [4.69, 9.17) is 4.74 Å². The Labute approximate surface area is 195 Å². The van der Waals surface area contributed by atoms with Crippen molar-refractivity contribution in [2.75, 3.05) is 11.9 Å². The third-order valence-corrected chi connectivity index (χ3v) is 7.05. The van der Waals surface area contributed by atoms with Gasteiger partial charge in [-0.25, -0.2) is 4.79 Å². The summed E-state index contributed by atoms with van der Waals surface area (Å²) in [7, 11) is 0. The molecule has 0 unspecified atom stereocenters. The number of carbonyl (C=O) groups is 3. The van der Waals surface area contributed by atoms with Crippen molar-refractivity contribution >= 4 is 23.5 Å². The second kappa shape index (κ2) is 10.9. The van der Waals surface area contributed by atoms with Crippen LogP contribution in [0.2, 0.25) is 0 Å². The predicted octanol–water partition coefficient (Wildman–Crippen LogP) is 3.57. The SMILES string of the molecule is CCOc1ccc(NC(=O)C[C@@H]2C(=O)N[C@@H]3CCCC[C@H]3N2C(=O)NC2CCCCC2)cc1. The van der Waals surface area contributed by atoms with Crippen LogP contribution in [0.4, 0.5) is 10.5 Å². The van der Waals surface area contributed by atoms with Crippen LogP contribution in [-0.4, -0.2) is 53.5 Å². The van der Waals surface area contributed by atoms with Crippen LogP contribution in [-0.2, 0) is 9.59 Å². The number of benzene rings is 1. The molecule has 2 aliphatic carbocycles. The topological polar surface area (TPSA) is 99.8 Å². The molecule has 0 aromatic heterocycles. The van der Waals surface area contributed by atoms with Gasteiger partial charge in [0.25, 0.3) is 0 Å². The first-order valence-electron chi connectivity index (χ1n) is 12.5. The van der Waals surface area contributed by atoms with Gasteiger partial charge >= 0.3 is 6.03 Å². The van der Waals surface area contributed by atoms with Crippen molar-refractivity contribution in [2.24, 2.45) is 0 Å². The summed E-state index contributed by atoms with van der Waals surface area (Å²) in [5, 5.41) is 9.12. The minimum Gasteiger partial charge on any atom is -0.494 e. The lowest BCUT2D eigenvalue weighted by molar-refractivity contribution is -0.135. The molecular formula is C25H36N4O4. The highest BCUT2D eigenvalue weighted by atomic mass is 16.5. The van der Waals surface area contributed by atoms with Crippen molar-refractivity contribution in [1.29, 1.82) is 0 Å². The van der Waals surface area contributed by atoms with Gasteiger partial charge < -0.3 is 25.6 Å². The molecule has 0 spiro atoms. The Kier molecular flexibility index (Phi) is 7.73. The van der Waals surface area contributed by atoms with Gasteiger partial charge in [-0.15, -0.1) is 0 Å². The molecular weight excluding hydrogens is 420 g/mol. The highest BCUT2D eigenvalue weighted by Gasteiger charge is 2.46. The smallest absolute Gasteiger partial charge is 0.318 e. The Morgan fingerprint density at radius 2 is 1.73 bits per heavy atom. The highest BCUT2D eigenvalue weighted by molar-refractivity contribution is 5.97. The lowest BCUT2D eigenvalue weighted by Gasteiger charge is -2.48. The van der Waals surface area contributed by atoms with Crippen LogP contribution >= 0.6 is 0 Å². The van der Waals surface area contributed by atoms with E-state index in [-0.39, 0.29) is 42.4 Å². The van der Waals surface area contributed by atoms with Crippen LogP contribution in [0.5, 0.6) is 5.75 Å². The van der Waals surface area contributed by atoms with Crippen molar-refractivity contribution in [3.8, 4) is 5.75 Å². The third-order valence-electron chi connectivity index (χ3n) is 7.05. The predicted molar refractivity (Wildman–Crippen MR) is 126 cm³/mol. The molecule has 3 N–H and O–H groups in total. The number of fused-ring (bicyclic) bond motifs is 1. The third kappa shape index (κ3) is 5.78. The zero-order chi connectivity index (χ0) is 23.2. The summed E-state index contributed by atoms with van der Waals surface area (Å²) in [6.07, 6.45) is 9.10. The molecule has 8 heteroatoms. The molecule has 1 aliphatic heterocycles. The van der Waals surface area contributed by atoms with Gasteiger partial charge in [0.05, 0.1) is 19.1 Å². The summed E-state index contributed by atoms with van der Waals surface area (Å²) in [5.74, 6) is 0.207. The fourth-order valence-corrected chi connectivity index (χ4v) is 5.42. The van der Waals surface area contributed by atoms with Gasteiger partial charge in [-0.3, -0.25) is 9.59 Å². The van der Waals surface area contributed by atoms with Crippen molar-refractivity contribution in [1.82, 2.24) is 15.5 Å². The van der Waals surface area contributed by atoms with Gasteiger partial charge in [-0.2, -0.15) is 0 Å². The maximum atomic E-state index is 13.4. The molecule has 33 heavy (non-hydrogen) atoms. The van der Waals surface area contributed by atoms with E-state index in [1.165, 1.54) is 6.42 Å². The van der Waals surface area contributed by atoms with E-state index in [2.05, 4.69) is 16.0 Å². The number of nitrogens with zero attached hydrogens (tertiary/aromatic N) is 1. The zero-order valence-electron chi connectivity index (χ0n) is 19.5. The molecule has 8 nitrogen and oxygen atoms in total. The van der Waals surface area contributed by atoms with Crippen LogP contribution in [0, 0.1) is 0 Å². The molecule has 1 heterocycles. The fraction of sp³-hybridized carbons (Fsp3) is 0.640. The van der Waals surface area contributed by atoms with Gasteiger partial charge in [0.2, 0.25) is 11.8 Å². The van der Waals surface area contributed by atoms with E-state index in [1.807, 2.05) is 6.92 Å². The molecule has 4 rings (SSSR count). The molecule has 3 fully saturated rings. The number of amides is 4. The Morgan fingerprint density at radius 1 is 1.03 bits per heavy atom. The number of nitrogens with one attached hydrogen (secondary N) is 3. The molecule has 180 valence electrons. The molecule has 3 atom stereocenters. The number of ether oxygens (including phenoxy) is 1. The number of hydrogen-bond acceptors (Lipinski definition) is 4. The number of hydrogen-bond donors (Lipinski definition) is 3. The minimum absolute atomic E-state index is 0.0335. The van der Waals surface area contributed by atoms with Gasteiger partial charge in [0.15, 0.2) is 0 Å². The first-order chi connectivity index (χ1) is 16.0. The van der Waals surface area contributed by atoms with E-state index in [9.17, 15) is 14.4 Å². The minimum atomic E-state index is -0.810. The summed E-state index contributed by atoms with van der Waals surface area (Å²) >= 11 is 0. The summed E-state index contributed by atoms with van der Waals surface area (Å²) in [6.45, 7) is 2.49. The number of anilines is 1. The van der Waals surface area contributed by atoms with Gasteiger partial charge in [0.1, 0.15) is 11.8 Å². The van der Waals surface area contributed by atoms with Gasteiger partial charge in [-0.1, -0.05) is 32.1 Å². The van der Waals surface area contributed by atoms with E-state index in [1.54, 1.807) is 29.2 Å². The maximum Gasteiger partial charge on any atom is 0.318 e. The number of piperazine rings is 1. The fourth-order valence-electron chi connectivity index (χ4n) is 5.42. The normalized spacial score (nSPS) is 25.5. The largest absolute Gasteiger partial charge is 0.494 e. The van der Waals surface area contributed by atoms with Crippen LogP contribution < -0.4 is 20.7 Å². The van der Waals surface area contributed by atoms with Crippen LogP contribution in [0.3, 0.4) is 0 Å². The number of urea groups is 1. The Bertz CT molecular complexity index is 837.